The average Bonchev–Trinajstić information content (AvgIpc) is 2.48. The Hall–Kier alpha value is -1.78. The van der Waals surface area contributed by atoms with Gasteiger partial charge in [0.05, 0.1) is 0 Å². The molecular weight excluding hydrogens is 258 g/mol. The van der Waals surface area contributed by atoms with Crippen molar-refractivity contribution in [2.24, 2.45) is 5.73 Å². The SMILES string of the molecule is CC(NC(CN)c1cc(F)ccc1F)c1ccccc1. The van der Waals surface area contributed by atoms with Crippen molar-refractivity contribution >= 4 is 0 Å². The molecule has 0 amide bonds. The molecule has 2 nitrogen and oxygen atoms in total. The van der Waals surface area contributed by atoms with Crippen molar-refractivity contribution in [3.63, 3.8) is 0 Å². The molecule has 0 aliphatic rings. The number of nitrogens with one attached hydrogen (secondary N) is 1. The van der Waals surface area contributed by atoms with Crippen LogP contribution in [-0.4, -0.2) is 6.54 Å². The second kappa shape index (κ2) is 6.59. The van der Waals surface area contributed by atoms with Crippen molar-refractivity contribution in [1.82, 2.24) is 5.32 Å². The monoisotopic (exact) mass is 276 g/mol. The molecule has 4 heteroatoms. The number of halogens is 2. The topological polar surface area (TPSA) is 38.0 Å². The minimum atomic E-state index is -0.464. The van der Waals surface area contributed by atoms with Gasteiger partial charge in [-0.1, -0.05) is 30.3 Å². The highest BCUT2D eigenvalue weighted by Gasteiger charge is 2.18. The maximum absolute atomic E-state index is 13.8. The summed E-state index contributed by atoms with van der Waals surface area (Å²) < 4.78 is 27.1. The zero-order chi connectivity index (χ0) is 14.5. The first-order chi connectivity index (χ1) is 9.61. The molecule has 2 rings (SSSR count). The largest absolute Gasteiger partial charge is 0.329 e. The molecule has 2 aromatic rings. The van der Waals surface area contributed by atoms with Crippen LogP contribution in [0, 0.1) is 11.6 Å². The van der Waals surface area contributed by atoms with Gasteiger partial charge >= 0.3 is 0 Å². The highest BCUT2D eigenvalue weighted by molar-refractivity contribution is 5.24. The molecule has 0 aliphatic heterocycles. The lowest BCUT2D eigenvalue weighted by Gasteiger charge is -2.23. The maximum Gasteiger partial charge on any atom is 0.128 e. The van der Waals surface area contributed by atoms with Crippen LogP contribution >= 0.6 is 0 Å². The van der Waals surface area contributed by atoms with Gasteiger partial charge in [0, 0.05) is 24.2 Å². The van der Waals surface area contributed by atoms with Crippen LogP contribution in [0.15, 0.2) is 48.5 Å². The van der Waals surface area contributed by atoms with Gasteiger partial charge in [0.15, 0.2) is 0 Å². The summed E-state index contributed by atoms with van der Waals surface area (Å²) in [5.74, 6) is -0.913. The lowest BCUT2D eigenvalue weighted by molar-refractivity contribution is 0.451. The summed E-state index contributed by atoms with van der Waals surface area (Å²) in [5.41, 5.74) is 7.03. The van der Waals surface area contributed by atoms with Crippen LogP contribution in [0.5, 0.6) is 0 Å². The fourth-order valence-electron chi connectivity index (χ4n) is 2.21. The molecule has 2 aromatic carbocycles. The van der Waals surface area contributed by atoms with E-state index >= 15 is 0 Å². The summed E-state index contributed by atoms with van der Waals surface area (Å²) in [7, 11) is 0. The Morgan fingerprint density at radius 1 is 1.10 bits per heavy atom. The Labute approximate surface area is 117 Å². The molecule has 0 spiro atoms. The van der Waals surface area contributed by atoms with Gasteiger partial charge in [0.2, 0.25) is 0 Å². The van der Waals surface area contributed by atoms with Crippen LogP contribution in [0.2, 0.25) is 0 Å². The molecule has 0 heterocycles. The van der Waals surface area contributed by atoms with Crippen LogP contribution in [0.3, 0.4) is 0 Å². The van der Waals surface area contributed by atoms with Crippen LogP contribution in [0.25, 0.3) is 0 Å². The molecule has 0 aliphatic carbocycles. The molecule has 0 saturated heterocycles. The summed E-state index contributed by atoms with van der Waals surface area (Å²) in [6, 6.07) is 12.8. The van der Waals surface area contributed by atoms with Gasteiger partial charge < -0.3 is 11.1 Å². The molecule has 2 atom stereocenters. The van der Waals surface area contributed by atoms with Gasteiger partial charge in [-0.25, -0.2) is 8.78 Å². The first-order valence-electron chi connectivity index (χ1n) is 6.58. The van der Waals surface area contributed by atoms with Gasteiger partial charge in [-0.3, -0.25) is 0 Å². The number of benzene rings is 2. The molecule has 2 unspecified atom stereocenters. The minimum absolute atomic E-state index is 0.00702. The normalized spacial score (nSPS) is 14.0. The summed E-state index contributed by atoms with van der Waals surface area (Å²) in [5, 5.41) is 3.24. The molecule has 0 bridgehead atoms. The number of hydrogen-bond acceptors (Lipinski definition) is 2. The van der Waals surface area contributed by atoms with Gasteiger partial charge in [0.25, 0.3) is 0 Å². The van der Waals surface area contributed by atoms with E-state index in [2.05, 4.69) is 5.32 Å². The van der Waals surface area contributed by atoms with Crippen molar-refractivity contribution in [2.75, 3.05) is 6.54 Å². The Bertz CT molecular complexity index is 558. The molecule has 106 valence electrons. The van der Waals surface area contributed by atoms with Crippen LogP contribution in [0.1, 0.15) is 30.1 Å². The lowest BCUT2D eigenvalue weighted by Crippen LogP contribution is -2.31. The van der Waals surface area contributed by atoms with Crippen molar-refractivity contribution in [1.29, 1.82) is 0 Å². The van der Waals surface area contributed by atoms with Gasteiger partial charge in [0.1, 0.15) is 11.6 Å². The second-order valence-corrected chi connectivity index (χ2v) is 4.75. The van der Waals surface area contributed by atoms with E-state index < -0.39 is 17.7 Å². The predicted octanol–water partition coefficient (Wildman–Crippen LogP) is 3.32. The first kappa shape index (κ1) is 14.6. The van der Waals surface area contributed by atoms with Crippen LogP contribution < -0.4 is 11.1 Å². The number of nitrogens with two attached hydrogens (primary N) is 1. The third-order valence-corrected chi connectivity index (χ3v) is 3.32. The lowest BCUT2D eigenvalue weighted by atomic mass is 10.0. The molecule has 0 aromatic heterocycles. The van der Waals surface area contributed by atoms with Gasteiger partial charge in [-0.2, -0.15) is 0 Å². The second-order valence-electron chi connectivity index (χ2n) is 4.75. The van der Waals surface area contributed by atoms with E-state index in [0.717, 1.165) is 17.7 Å². The summed E-state index contributed by atoms with van der Waals surface area (Å²) >= 11 is 0. The van der Waals surface area contributed by atoms with E-state index in [-0.39, 0.29) is 18.2 Å². The predicted molar refractivity (Wildman–Crippen MR) is 76.1 cm³/mol. The third-order valence-electron chi connectivity index (χ3n) is 3.32. The smallest absolute Gasteiger partial charge is 0.128 e. The molecule has 0 fully saturated rings. The number of hydrogen-bond donors (Lipinski definition) is 2. The highest BCUT2D eigenvalue weighted by Crippen LogP contribution is 2.22. The Morgan fingerprint density at radius 2 is 1.80 bits per heavy atom. The van der Waals surface area contributed by atoms with Gasteiger partial charge in [-0.05, 0) is 30.7 Å². The fourth-order valence-corrected chi connectivity index (χ4v) is 2.21. The van der Waals surface area contributed by atoms with E-state index in [9.17, 15) is 8.78 Å². The summed E-state index contributed by atoms with van der Waals surface area (Å²) in [6.07, 6.45) is 0. The van der Waals surface area contributed by atoms with Gasteiger partial charge in [-0.15, -0.1) is 0 Å². The van der Waals surface area contributed by atoms with Crippen molar-refractivity contribution < 1.29 is 8.78 Å². The molecule has 3 N–H and O–H groups in total. The van der Waals surface area contributed by atoms with Crippen molar-refractivity contribution in [3.8, 4) is 0 Å². The quantitative estimate of drug-likeness (QED) is 0.879. The molecular formula is C16H18F2N2. The zero-order valence-electron chi connectivity index (χ0n) is 11.3. The average molecular weight is 276 g/mol. The van der Waals surface area contributed by atoms with E-state index in [1.165, 1.54) is 6.07 Å². The van der Waals surface area contributed by atoms with Crippen LogP contribution in [-0.2, 0) is 0 Å². The summed E-state index contributed by atoms with van der Waals surface area (Å²) in [6.45, 7) is 2.16. The first-order valence-corrected chi connectivity index (χ1v) is 6.58. The van der Waals surface area contributed by atoms with Crippen LogP contribution in [0.4, 0.5) is 8.78 Å². The van der Waals surface area contributed by atoms with E-state index in [1.807, 2.05) is 37.3 Å². The van der Waals surface area contributed by atoms with Crippen molar-refractivity contribution in [3.05, 3.63) is 71.3 Å². The molecule has 20 heavy (non-hydrogen) atoms. The standard InChI is InChI=1S/C16H18F2N2/c1-11(12-5-3-2-4-6-12)20-16(10-19)14-9-13(17)7-8-15(14)18/h2-9,11,16,20H,10,19H2,1H3. The van der Waals surface area contributed by atoms with E-state index in [1.54, 1.807) is 0 Å². The van der Waals surface area contributed by atoms with E-state index in [0.29, 0.717) is 0 Å². The molecule has 0 radical (unpaired) electrons. The molecule has 0 saturated carbocycles. The Morgan fingerprint density at radius 3 is 2.45 bits per heavy atom. The minimum Gasteiger partial charge on any atom is -0.329 e. The highest BCUT2D eigenvalue weighted by atomic mass is 19.1. The Kier molecular flexibility index (Phi) is 4.82. The Balaban J connectivity index is 2.19. The zero-order valence-corrected chi connectivity index (χ0v) is 11.3. The van der Waals surface area contributed by atoms with E-state index in [4.69, 9.17) is 5.73 Å². The summed E-state index contributed by atoms with van der Waals surface area (Å²) in [4.78, 5) is 0. The maximum atomic E-state index is 13.8. The van der Waals surface area contributed by atoms with Crippen molar-refractivity contribution in [2.45, 2.75) is 19.0 Å². The fraction of sp³-hybridized carbons (Fsp3) is 0.250. The number of rotatable bonds is 5. The third kappa shape index (κ3) is 3.40.